The number of aryl methyl sites for hydroxylation is 2. The Labute approximate surface area is 113 Å². The Hall–Kier alpha value is -1.74. The van der Waals surface area contributed by atoms with Crippen LogP contribution in [0.25, 0.3) is 0 Å². The van der Waals surface area contributed by atoms with Gasteiger partial charge in [-0.25, -0.2) is 9.97 Å². The van der Waals surface area contributed by atoms with Gasteiger partial charge in [0, 0.05) is 18.9 Å². The molecule has 0 saturated heterocycles. The average Bonchev–Trinajstić information content (AvgIpc) is 2.49. The van der Waals surface area contributed by atoms with E-state index >= 15 is 0 Å². The third-order valence-electron chi connectivity index (χ3n) is 3.91. The molecule has 0 spiro atoms. The maximum Gasteiger partial charge on any atom is 0.136 e. The fraction of sp³-hybridized carbons (Fsp3) is 0.375. The molecule has 98 valence electrons. The molecular weight excluding hydrogens is 234 g/mol. The molecule has 1 aliphatic rings. The second-order valence-corrected chi connectivity index (χ2v) is 5.13. The van der Waals surface area contributed by atoms with Crippen LogP contribution in [0.2, 0.25) is 0 Å². The first-order chi connectivity index (χ1) is 9.38. The lowest BCUT2D eigenvalue weighted by atomic mass is 9.87. The summed E-state index contributed by atoms with van der Waals surface area (Å²) in [5.74, 6) is 0.925. The predicted molar refractivity (Wildman–Crippen MR) is 76.0 cm³/mol. The Morgan fingerprint density at radius 3 is 2.53 bits per heavy atom. The van der Waals surface area contributed by atoms with E-state index in [0.717, 1.165) is 5.82 Å². The zero-order valence-corrected chi connectivity index (χ0v) is 11.0. The number of fused-ring (bicyclic) bond motifs is 1. The van der Waals surface area contributed by atoms with Crippen molar-refractivity contribution in [1.82, 2.24) is 9.97 Å². The summed E-state index contributed by atoms with van der Waals surface area (Å²) < 4.78 is 0. The van der Waals surface area contributed by atoms with Gasteiger partial charge in [-0.15, -0.1) is 0 Å². The van der Waals surface area contributed by atoms with Gasteiger partial charge in [0.25, 0.3) is 0 Å². The minimum absolute atomic E-state index is 0.105. The summed E-state index contributed by atoms with van der Waals surface area (Å²) in [6, 6.07) is 8.60. The van der Waals surface area contributed by atoms with Crippen LogP contribution in [0.1, 0.15) is 41.3 Å². The van der Waals surface area contributed by atoms with Crippen LogP contribution in [-0.4, -0.2) is 16.5 Å². The molecule has 2 N–H and O–H groups in total. The molecule has 0 fully saturated rings. The standard InChI is InChI=1S/C16H19N3/c17-11-15(16-18-8-3-9-19-16)14-7-6-12-4-1-2-5-13(12)10-14/h3,6-10,15H,1-2,4-5,11,17H2. The number of benzene rings is 1. The van der Waals surface area contributed by atoms with E-state index < -0.39 is 0 Å². The Bertz CT molecular complexity index is 551. The fourth-order valence-electron chi connectivity index (χ4n) is 2.85. The topological polar surface area (TPSA) is 51.8 Å². The predicted octanol–water partition coefficient (Wildman–Crippen LogP) is 2.45. The first-order valence-corrected chi connectivity index (χ1v) is 6.97. The van der Waals surface area contributed by atoms with Crippen LogP contribution in [0.15, 0.2) is 36.7 Å². The zero-order valence-electron chi connectivity index (χ0n) is 11.0. The van der Waals surface area contributed by atoms with E-state index in [0.29, 0.717) is 6.54 Å². The van der Waals surface area contributed by atoms with Crippen LogP contribution in [0, 0.1) is 0 Å². The Morgan fingerprint density at radius 1 is 1.05 bits per heavy atom. The third kappa shape index (κ3) is 2.51. The molecule has 19 heavy (non-hydrogen) atoms. The summed E-state index contributed by atoms with van der Waals surface area (Å²) in [6.07, 6.45) is 8.58. The van der Waals surface area contributed by atoms with E-state index in [1.807, 2.05) is 6.07 Å². The molecular formula is C16H19N3. The van der Waals surface area contributed by atoms with Crippen molar-refractivity contribution in [2.24, 2.45) is 5.73 Å². The highest BCUT2D eigenvalue weighted by molar-refractivity contribution is 5.37. The second kappa shape index (κ2) is 5.49. The van der Waals surface area contributed by atoms with Crippen molar-refractivity contribution >= 4 is 0 Å². The van der Waals surface area contributed by atoms with E-state index in [-0.39, 0.29) is 5.92 Å². The lowest BCUT2D eigenvalue weighted by Crippen LogP contribution is -2.17. The summed E-state index contributed by atoms with van der Waals surface area (Å²) >= 11 is 0. The molecule has 0 saturated carbocycles. The molecule has 0 bridgehead atoms. The van der Waals surface area contributed by atoms with Gasteiger partial charge in [-0.2, -0.15) is 0 Å². The molecule has 1 aromatic heterocycles. The van der Waals surface area contributed by atoms with Crippen molar-refractivity contribution in [2.45, 2.75) is 31.6 Å². The molecule has 1 atom stereocenters. The number of nitrogens with zero attached hydrogens (tertiary/aromatic N) is 2. The minimum atomic E-state index is 0.105. The van der Waals surface area contributed by atoms with Crippen LogP contribution in [0.4, 0.5) is 0 Å². The number of rotatable bonds is 3. The Balaban J connectivity index is 1.96. The van der Waals surface area contributed by atoms with Crippen molar-refractivity contribution in [1.29, 1.82) is 0 Å². The largest absolute Gasteiger partial charge is 0.329 e. The van der Waals surface area contributed by atoms with Gasteiger partial charge in [-0.05, 0) is 48.4 Å². The van der Waals surface area contributed by atoms with Crippen molar-refractivity contribution < 1.29 is 0 Å². The molecule has 0 aliphatic heterocycles. The third-order valence-corrected chi connectivity index (χ3v) is 3.91. The molecule has 3 nitrogen and oxygen atoms in total. The lowest BCUT2D eigenvalue weighted by Gasteiger charge is -2.19. The fourth-order valence-corrected chi connectivity index (χ4v) is 2.85. The van der Waals surface area contributed by atoms with Crippen molar-refractivity contribution in [2.75, 3.05) is 6.54 Å². The second-order valence-electron chi connectivity index (χ2n) is 5.13. The Morgan fingerprint density at radius 2 is 1.79 bits per heavy atom. The zero-order chi connectivity index (χ0) is 13.1. The van der Waals surface area contributed by atoms with E-state index in [1.165, 1.54) is 42.4 Å². The first-order valence-electron chi connectivity index (χ1n) is 6.97. The van der Waals surface area contributed by atoms with E-state index in [2.05, 4.69) is 28.2 Å². The normalized spacial score (nSPS) is 15.8. The molecule has 1 aromatic carbocycles. The monoisotopic (exact) mass is 253 g/mol. The van der Waals surface area contributed by atoms with Crippen LogP contribution >= 0.6 is 0 Å². The van der Waals surface area contributed by atoms with Gasteiger partial charge < -0.3 is 5.73 Å². The van der Waals surface area contributed by atoms with Gasteiger partial charge in [0.1, 0.15) is 5.82 Å². The molecule has 2 aromatic rings. The summed E-state index contributed by atoms with van der Waals surface area (Å²) in [7, 11) is 0. The van der Waals surface area contributed by atoms with Crippen LogP contribution in [-0.2, 0) is 12.8 Å². The first kappa shape index (κ1) is 12.3. The van der Waals surface area contributed by atoms with Gasteiger partial charge in [0.2, 0.25) is 0 Å². The summed E-state index contributed by atoms with van der Waals surface area (Å²) in [5, 5.41) is 0. The SMILES string of the molecule is NCC(c1ccc2c(c1)CCCC2)c1ncccn1. The minimum Gasteiger partial charge on any atom is -0.329 e. The average molecular weight is 253 g/mol. The van der Waals surface area contributed by atoms with Crippen LogP contribution < -0.4 is 5.73 Å². The van der Waals surface area contributed by atoms with E-state index in [4.69, 9.17) is 5.73 Å². The summed E-state index contributed by atoms with van der Waals surface area (Å²) in [5.41, 5.74) is 10.2. The molecule has 1 unspecified atom stereocenters. The van der Waals surface area contributed by atoms with Gasteiger partial charge in [-0.3, -0.25) is 0 Å². The van der Waals surface area contributed by atoms with Crippen molar-refractivity contribution in [3.63, 3.8) is 0 Å². The van der Waals surface area contributed by atoms with Crippen molar-refractivity contribution in [3.05, 3.63) is 59.2 Å². The van der Waals surface area contributed by atoms with Gasteiger partial charge in [0.15, 0.2) is 0 Å². The summed E-state index contributed by atoms with van der Waals surface area (Å²) in [4.78, 5) is 8.69. The van der Waals surface area contributed by atoms with E-state index in [1.54, 1.807) is 12.4 Å². The van der Waals surface area contributed by atoms with Crippen LogP contribution in [0.5, 0.6) is 0 Å². The van der Waals surface area contributed by atoms with Gasteiger partial charge >= 0.3 is 0 Å². The molecule has 1 heterocycles. The molecule has 3 heteroatoms. The number of nitrogens with two attached hydrogens (primary N) is 1. The molecule has 3 rings (SSSR count). The highest BCUT2D eigenvalue weighted by Crippen LogP contribution is 2.27. The molecule has 1 aliphatic carbocycles. The smallest absolute Gasteiger partial charge is 0.136 e. The summed E-state index contributed by atoms with van der Waals surface area (Å²) in [6.45, 7) is 0.544. The van der Waals surface area contributed by atoms with E-state index in [9.17, 15) is 0 Å². The van der Waals surface area contributed by atoms with Crippen molar-refractivity contribution in [3.8, 4) is 0 Å². The number of aromatic nitrogens is 2. The number of hydrogen-bond donors (Lipinski definition) is 1. The maximum atomic E-state index is 5.93. The van der Waals surface area contributed by atoms with Gasteiger partial charge in [-0.1, -0.05) is 18.2 Å². The number of hydrogen-bond acceptors (Lipinski definition) is 3. The molecule has 0 radical (unpaired) electrons. The van der Waals surface area contributed by atoms with Crippen LogP contribution in [0.3, 0.4) is 0 Å². The Kier molecular flexibility index (Phi) is 3.56. The highest BCUT2D eigenvalue weighted by atomic mass is 14.9. The molecule has 0 amide bonds. The quantitative estimate of drug-likeness (QED) is 0.914. The lowest BCUT2D eigenvalue weighted by molar-refractivity contribution is 0.679. The highest BCUT2D eigenvalue weighted by Gasteiger charge is 2.17. The maximum absolute atomic E-state index is 5.93. The van der Waals surface area contributed by atoms with Gasteiger partial charge in [0.05, 0.1) is 5.92 Å².